The molecule has 1 saturated heterocycles. The molecule has 10 heteroatoms. The molecule has 0 radical (unpaired) electrons. The van der Waals surface area contributed by atoms with Gasteiger partial charge in [-0.3, -0.25) is 9.36 Å². The lowest BCUT2D eigenvalue weighted by Gasteiger charge is -2.37. The van der Waals surface area contributed by atoms with Crippen LogP contribution in [0.2, 0.25) is 0 Å². The molecule has 0 saturated carbocycles. The number of anilines is 2. The Bertz CT molecular complexity index is 1290. The predicted octanol–water partition coefficient (Wildman–Crippen LogP) is 1.12. The van der Waals surface area contributed by atoms with Crippen molar-refractivity contribution in [2.75, 3.05) is 49.7 Å². The quantitative estimate of drug-likeness (QED) is 0.474. The monoisotopic (exact) mass is 420 g/mol. The summed E-state index contributed by atoms with van der Waals surface area (Å²) in [6, 6.07) is 7.93. The third-order valence-electron chi connectivity index (χ3n) is 5.68. The first-order valence-corrected chi connectivity index (χ1v) is 10.3. The minimum atomic E-state index is -0.0386. The van der Waals surface area contributed by atoms with Crippen LogP contribution in [0.5, 0.6) is 0 Å². The van der Waals surface area contributed by atoms with E-state index < -0.39 is 0 Å². The second-order valence-corrected chi connectivity index (χ2v) is 7.64. The molecule has 0 unspecified atom stereocenters. The van der Waals surface area contributed by atoms with Gasteiger partial charge in [0.05, 0.1) is 30.4 Å². The van der Waals surface area contributed by atoms with Gasteiger partial charge in [-0.05, 0) is 25.1 Å². The van der Waals surface area contributed by atoms with E-state index in [9.17, 15) is 4.79 Å². The number of ether oxygens (including phenoxy) is 1. The number of hydrogen-bond donors (Lipinski definition) is 0. The van der Waals surface area contributed by atoms with E-state index in [1.807, 2.05) is 31.2 Å². The number of rotatable bonds is 5. The lowest BCUT2D eigenvalue weighted by Crippen LogP contribution is -2.47. The Balaban J connectivity index is 1.35. The number of hydrogen-bond acceptors (Lipinski definition) is 8. The highest BCUT2D eigenvalue weighted by Gasteiger charge is 2.21. The maximum Gasteiger partial charge on any atom is 0.261 e. The molecule has 0 amide bonds. The van der Waals surface area contributed by atoms with E-state index in [1.165, 1.54) is 6.33 Å². The molecule has 31 heavy (non-hydrogen) atoms. The van der Waals surface area contributed by atoms with Crippen LogP contribution in [-0.2, 0) is 11.3 Å². The molecule has 5 rings (SSSR count). The van der Waals surface area contributed by atoms with Crippen molar-refractivity contribution in [1.29, 1.82) is 0 Å². The molecule has 0 atom stereocenters. The van der Waals surface area contributed by atoms with Gasteiger partial charge in [0.25, 0.3) is 11.3 Å². The van der Waals surface area contributed by atoms with Crippen LogP contribution in [0, 0.1) is 6.92 Å². The van der Waals surface area contributed by atoms with Crippen LogP contribution in [0.15, 0.2) is 41.7 Å². The van der Waals surface area contributed by atoms with E-state index in [2.05, 4.69) is 29.9 Å². The molecule has 1 aromatic carbocycles. The number of fused-ring (bicyclic) bond motifs is 2. The van der Waals surface area contributed by atoms with Crippen LogP contribution in [0.25, 0.3) is 16.7 Å². The SMILES string of the molecule is COCCn1cnc2cc(N3CCN(c4cc(C)nc5ncnn45)CC3)ccc2c1=O. The molecule has 4 aromatic rings. The Morgan fingerprint density at radius 1 is 1.06 bits per heavy atom. The van der Waals surface area contributed by atoms with Gasteiger partial charge >= 0.3 is 0 Å². The van der Waals surface area contributed by atoms with Crippen LogP contribution >= 0.6 is 0 Å². The highest BCUT2D eigenvalue weighted by molar-refractivity contribution is 5.81. The predicted molar refractivity (Wildman–Crippen MR) is 118 cm³/mol. The van der Waals surface area contributed by atoms with Crippen LogP contribution in [0.1, 0.15) is 5.69 Å². The number of nitrogens with zero attached hydrogens (tertiary/aromatic N) is 8. The Kier molecular flexibility index (Phi) is 4.99. The second kappa shape index (κ2) is 7.95. The highest BCUT2D eigenvalue weighted by atomic mass is 16.5. The van der Waals surface area contributed by atoms with Gasteiger partial charge in [0.2, 0.25) is 0 Å². The normalized spacial score (nSPS) is 14.6. The number of methoxy groups -OCH3 is 1. The van der Waals surface area contributed by atoms with E-state index in [-0.39, 0.29) is 5.56 Å². The first-order chi connectivity index (χ1) is 15.1. The molecule has 160 valence electrons. The summed E-state index contributed by atoms with van der Waals surface area (Å²) in [7, 11) is 1.62. The molecule has 10 nitrogen and oxygen atoms in total. The van der Waals surface area contributed by atoms with Crippen molar-refractivity contribution in [3.63, 3.8) is 0 Å². The van der Waals surface area contributed by atoms with Gasteiger partial charge in [-0.15, -0.1) is 0 Å². The summed E-state index contributed by atoms with van der Waals surface area (Å²) in [5, 5.41) is 4.95. The summed E-state index contributed by atoms with van der Waals surface area (Å²) in [5.74, 6) is 1.63. The van der Waals surface area contributed by atoms with E-state index >= 15 is 0 Å². The Morgan fingerprint density at radius 3 is 2.68 bits per heavy atom. The lowest BCUT2D eigenvalue weighted by molar-refractivity contribution is 0.186. The molecular weight excluding hydrogens is 396 g/mol. The third-order valence-corrected chi connectivity index (χ3v) is 5.68. The van der Waals surface area contributed by atoms with Crippen molar-refractivity contribution in [3.8, 4) is 0 Å². The Labute approximate surface area is 178 Å². The smallest absolute Gasteiger partial charge is 0.261 e. The van der Waals surface area contributed by atoms with Gasteiger partial charge in [0.1, 0.15) is 12.1 Å². The summed E-state index contributed by atoms with van der Waals surface area (Å²) in [6.07, 6.45) is 3.13. The van der Waals surface area contributed by atoms with Gasteiger partial charge in [-0.1, -0.05) is 0 Å². The first-order valence-electron chi connectivity index (χ1n) is 10.3. The fourth-order valence-corrected chi connectivity index (χ4v) is 4.02. The molecule has 0 N–H and O–H groups in total. The van der Waals surface area contributed by atoms with Gasteiger partial charge < -0.3 is 14.5 Å². The average molecular weight is 420 g/mol. The molecule has 0 aliphatic carbocycles. The summed E-state index contributed by atoms with van der Waals surface area (Å²) in [6.45, 7) is 6.36. The lowest BCUT2D eigenvalue weighted by atomic mass is 10.2. The molecule has 1 aliphatic rings. The zero-order valence-electron chi connectivity index (χ0n) is 17.6. The van der Waals surface area contributed by atoms with Crippen LogP contribution in [-0.4, -0.2) is 69.0 Å². The van der Waals surface area contributed by atoms with E-state index in [4.69, 9.17) is 4.74 Å². The minimum absolute atomic E-state index is 0.0386. The van der Waals surface area contributed by atoms with Crippen molar-refractivity contribution in [2.24, 2.45) is 0 Å². The average Bonchev–Trinajstić information content (AvgIpc) is 3.26. The summed E-state index contributed by atoms with van der Waals surface area (Å²) in [5.41, 5.74) is 2.68. The van der Waals surface area contributed by atoms with Gasteiger partial charge in [0, 0.05) is 50.7 Å². The zero-order valence-corrected chi connectivity index (χ0v) is 17.6. The molecule has 3 aromatic heterocycles. The maximum atomic E-state index is 12.7. The summed E-state index contributed by atoms with van der Waals surface area (Å²) >= 11 is 0. The van der Waals surface area contributed by atoms with Crippen molar-refractivity contribution < 1.29 is 4.74 Å². The topological polar surface area (TPSA) is 93.7 Å². The molecule has 1 fully saturated rings. The third kappa shape index (κ3) is 3.59. The summed E-state index contributed by atoms with van der Waals surface area (Å²) in [4.78, 5) is 30.4. The number of aryl methyl sites for hydroxylation is 1. The molecule has 0 bridgehead atoms. The van der Waals surface area contributed by atoms with E-state index in [0.717, 1.165) is 43.4 Å². The first kappa shape index (κ1) is 19.4. The van der Waals surface area contributed by atoms with E-state index in [1.54, 1.807) is 22.5 Å². The van der Waals surface area contributed by atoms with Gasteiger partial charge in [-0.25, -0.2) is 9.97 Å². The van der Waals surface area contributed by atoms with Gasteiger partial charge in [0.15, 0.2) is 0 Å². The minimum Gasteiger partial charge on any atom is -0.383 e. The molecular formula is C21H24N8O2. The fraction of sp³-hybridized carbons (Fsp3) is 0.381. The maximum absolute atomic E-state index is 12.7. The largest absolute Gasteiger partial charge is 0.383 e. The van der Waals surface area contributed by atoms with Crippen LogP contribution in [0.4, 0.5) is 11.5 Å². The second-order valence-electron chi connectivity index (χ2n) is 7.64. The van der Waals surface area contributed by atoms with Crippen molar-refractivity contribution in [2.45, 2.75) is 13.5 Å². The Hall–Kier alpha value is -3.53. The van der Waals surface area contributed by atoms with Crippen LogP contribution in [0.3, 0.4) is 0 Å². The zero-order chi connectivity index (χ0) is 21.4. The van der Waals surface area contributed by atoms with Gasteiger partial charge in [-0.2, -0.15) is 14.6 Å². The van der Waals surface area contributed by atoms with E-state index in [0.29, 0.717) is 29.8 Å². The standard InChI is InChI=1S/C21H24N8O2/c1-15-11-19(29-21(25-15)22-13-24-29)27-7-5-26(6-8-27)16-3-4-17-18(12-16)23-14-28(20(17)30)9-10-31-2/h3-4,11-14H,5-10H2,1-2H3. The number of aromatic nitrogens is 6. The molecule has 0 spiro atoms. The van der Waals surface area contributed by atoms with Crippen LogP contribution < -0.4 is 15.4 Å². The highest BCUT2D eigenvalue weighted by Crippen LogP contribution is 2.23. The molecule has 1 aliphatic heterocycles. The Morgan fingerprint density at radius 2 is 1.87 bits per heavy atom. The van der Waals surface area contributed by atoms with Crippen molar-refractivity contribution in [3.05, 3.63) is 53.0 Å². The number of piperazine rings is 1. The van der Waals surface area contributed by atoms with Crippen molar-refractivity contribution >= 4 is 28.2 Å². The fourth-order valence-electron chi connectivity index (χ4n) is 4.02. The molecule has 4 heterocycles. The van der Waals surface area contributed by atoms with Crippen molar-refractivity contribution in [1.82, 2.24) is 29.1 Å². The number of benzene rings is 1. The summed E-state index contributed by atoms with van der Waals surface area (Å²) < 4.78 is 8.45.